The minimum absolute atomic E-state index is 0.263. The lowest BCUT2D eigenvalue weighted by Crippen LogP contribution is -2.38. The minimum atomic E-state index is 0.263. The van der Waals surface area contributed by atoms with E-state index in [-0.39, 0.29) is 6.04 Å². The molecule has 1 saturated heterocycles. The SMILES string of the molecule is CN(C)c1ccc(/C=C/C(c2ccc(N(C)C)cc2)N2CCOCC2)cc1. The Labute approximate surface area is 163 Å². The Morgan fingerprint density at radius 1 is 0.815 bits per heavy atom. The molecule has 144 valence electrons. The fraction of sp³-hybridized carbons (Fsp3) is 0.391. The average Bonchev–Trinajstić information content (AvgIpc) is 2.69. The number of morpholine rings is 1. The summed E-state index contributed by atoms with van der Waals surface area (Å²) in [6, 6.07) is 17.8. The lowest BCUT2D eigenvalue weighted by Gasteiger charge is -2.33. The van der Waals surface area contributed by atoms with Gasteiger partial charge in [-0.25, -0.2) is 0 Å². The number of rotatable bonds is 6. The van der Waals surface area contributed by atoms with E-state index >= 15 is 0 Å². The highest BCUT2D eigenvalue weighted by Gasteiger charge is 2.20. The summed E-state index contributed by atoms with van der Waals surface area (Å²) >= 11 is 0. The molecule has 0 N–H and O–H groups in total. The van der Waals surface area contributed by atoms with Crippen LogP contribution in [0.1, 0.15) is 17.2 Å². The van der Waals surface area contributed by atoms with Crippen LogP contribution in [-0.2, 0) is 4.74 Å². The molecule has 1 heterocycles. The number of benzene rings is 2. The van der Waals surface area contributed by atoms with Crippen LogP contribution in [0.3, 0.4) is 0 Å². The lowest BCUT2D eigenvalue weighted by molar-refractivity contribution is 0.0254. The first-order valence-electron chi connectivity index (χ1n) is 9.59. The van der Waals surface area contributed by atoms with Crippen molar-refractivity contribution < 1.29 is 4.74 Å². The molecule has 0 aliphatic carbocycles. The van der Waals surface area contributed by atoms with Crippen molar-refractivity contribution in [3.63, 3.8) is 0 Å². The van der Waals surface area contributed by atoms with Crippen molar-refractivity contribution >= 4 is 17.5 Å². The molecule has 0 spiro atoms. The van der Waals surface area contributed by atoms with E-state index in [0.717, 1.165) is 26.3 Å². The second-order valence-electron chi connectivity index (χ2n) is 7.42. The molecule has 1 atom stereocenters. The second-order valence-corrected chi connectivity index (χ2v) is 7.42. The standard InChI is InChI=1S/C23H31N3O/c1-24(2)21-10-5-19(6-11-21)7-14-23(26-15-17-27-18-16-26)20-8-12-22(13-9-20)25(3)4/h5-14,23H,15-18H2,1-4H3/b14-7+. The Morgan fingerprint density at radius 3 is 1.85 bits per heavy atom. The Morgan fingerprint density at radius 2 is 1.33 bits per heavy atom. The fourth-order valence-electron chi connectivity index (χ4n) is 3.35. The highest BCUT2D eigenvalue weighted by Crippen LogP contribution is 2.26. The smallest absolute Gasteiger partial charge is 0.0594 e. The van der Waals surface area contributed by atoms with Gasteiger partial charge < -0.3 is 14.5 Å². The van der Waals surface area contributed by atoms with Crippen molar-refractivity contribution in [2.24, 2.45) is 0 Å². The van der Waals surface area contributed by atoms with Gasteiger partial charge in [0.05, 0.1) is 19.3 Å². The molecule has 0 saturated carbocycles. The third kappa shape index (κ3) is 5.12. The predicted molar refractivity (Wildman–Crippen MR) is 116 cm³/mol. The van der Waals surface area contributed by atoms with Gasteiger partial charge in [-0.1, -0.05) is 36.4 Å². The van der Waals surface area contributed by atoms with Crippen LogP contribution >= 0.6 is 0 Å². The highest BCUT2D eigenvalue weighted by atomic mass is 16.5. The van der Waals surface area contributed by atoms with Crippen LogP contribution in [0, 0.1) is 0 Å². The summed E-state index contributed by atoms with van der Waals surface area (Å²) in [5.74, 6) is 0. The maximum atomic E-state index is 5.56. The zero-order valence-corrected chi connectivity index (χ0v) is 16.9. The Hall–Kier alpha value is -2.30. The number of hydrogen-bond acceptors (Lipinski definition) is 4. The van der Waals surface area contributed by atoms with Gasteiger partial charge in [-0.3, -0.25) is 4.90 Å². The van der Waals surface area contributed by atoms with Crippen LogP contribution < -0.4 is 9.80 Å². The summed E-state index contributed by atoms with van der Waals surface area (Å²) in [5.41, 5.74) is 4.99. The van der Waals surface area contributed by atoms with E-state index < -0.39 is 0 Å². The zero-order valence-electron chi connectivity index (χ0n) is 16.9. The summed E-state index contributed by atoms with van der Waals surface area (Å²) in [6.45, 7) is 3.53. The molecule has 0 aromatic heterocycles. The molecule has 0 amide bonds. The summed E-state index contributed by atoms with van der Waals surface area (Å²) in [4.78, 5) is 6.75. The van der Waals surface area contributed by atoms with E-state index in [1.54, 1.807) is 0 Å². The van der Waals surface area contributed by atoms with Gasteiger partial charge >= 0.3 is 0 Å². The molecular weight excluding hydrogens is 334 g/mol. The molecule has 3 rings (SSSR count). The monoisotopic (exact) mass is 365 g/mol. The van der Waals surface area contributed by atoms with E-state index in [4.69, 9.17) is 4.74 Å². The molecule has 2 aromatic carbocycles. The van der Waals surface area contributed by atoms with Crippen LogP contribution in [-0.4, -0.2) is 59.4 Å². The van der Waals surface area contributed by atoms with E-state index in [1.807, 2.05) is 0 Å². The van der Waals surface area contributed by atoms with Gasteiger partial charge in [0.25, 0.3) is 0 Å². The van der Waals surface area contributed by atoms with Crippen molar-refractivity contribution in [1.82, 2.24) is 4.90 Å². The first kappa shape index (κ1) is 19.5. The zero-order chi connectivity index (χ0) is 19.2. The molecule has 4 nitrogen and oxygen atoms in total. The van der Waals surface area contributed by atoms with E-state index in [1.165, 1.54) is 22.5 Å². The Bertz CT molecular complexity index is 729. The van der Waals surface area contributed by atoms with Crippen LogP contribution in [0.25, 0.3) is 6.08 Å². The van der Waals surface area contributed by atoms with Crippen LogP contribution in [0.5, 0.6) is 0 Å². The van der Waals surface area contributed by atoms with Gasteiger partial charge in [0.1, 0.15) is 0 Å². The van der Waals surface area contributed by atoms with Gasteiger partial charge in [0.15, 0.2) is 0 Å². The van der Waals surface area contributed by atoms with Crippen molar-refractivity contribution in [3.05, 3.63) is 65.7 Å². The fourth-order valence-corrected chi connectivity index (χ4v) is 3.35. The Kier molecular flexibility index (Phi) is 6.54. The molecule has 27 heavy (non-hydrogen) atoms. The van der Waals surface area contributed by atoms with Crippen LogP contribution in [0.2, 0.25) is 0 Å². The van der Waals surface area contributed by atoms with Crippen molar-refractivity contribution in [2.75, 3.05) is 64.3 Å². The summed E-state index contributed by atoms with van der Waals surface area (Å²) in [6.07, 6.45) is 4.56. The molecule has 0 bridgehead atoms. The van der Waals surface area contributed by atoms with Gasteiger partial charge in [0.2, 0.25) is 0 Å². The van der Waals surface area contributed by atoms with E-state index in [2.05, 4.69) is 104 Å². The molecule has 1 aliphatic rings. The summed E-state index contributed by atoms with van der Waals surface area (Å²) < 4.78 is 5.56. The van der Waals surface area contributed by atoms with Gasteiger partial charge in [-0.15, -0.1) is 0 Å². The van der Waals surface area contributed by atoms with Crippen molar-refractivity contribution in [2.45, 2.75) is 6.04 Å². The van der Waals surface area contributed by atoms with Crippen LogP contribution in [0.4, 0.5) is 11.4 Å². The number of anilines is 2. The van der Waals surface area contributed by atoms with E-state index in [0.29, 0.717) is 0 Å². The molecule has 1 unspecified atom stereocenters. The normalized spacial score (nSPS) is 16.4. The predicted octanol–water partition coefficient (Wildman–Crippen LogP) is 3.91. The lowest BCUT2D eigenvalue weighted by atomic mass is 10.0. The molecule has 2 aromatic rings. The minimum Gasteiger partial charge on any atom is -0.379 e. The molecule has 0 radical (unpaired) electrons. The summed E-state index contributed by atoms with van der Waals surface area (Å²) in [5, 5.41) is 0. The number of ether oxygens (including phenoxy) is 1. The maximum Gasteiger partial charge on any atom is 0.0594 e. The van der Waals surface area contributed by atoms with Gasteiger partial charge in [0, 0.05) is 52.7 Å². The largest absolute Gasteiger partial charge is 0.379 e. The first-order valence-corrected chi connectivity index (χ1v) is 9.59. The first-order chi connectivity index (χ1) is 13.0. The molecule has 4 heteroatoms. The quantitative estimate of drug-likeness (QED) is 0.773. The van der Waals surface area contributed by atoms with Crippen molar-refractivity contribution in [3.8, 4) is 0 Å². The van der Waals surface area contributed by atoms with Gasteiger partial charge in [-0.05, 0) is 35.4 Å². The highest BCUT2D eigenvalue weighted by molar-refractivity contribution is 5.56. The third-order valence-corrected chi connectivity index (χ3v) is 5.07. The topological polar surface area (TPSA) is 19.0 Å². The van der Waals surface area contributed by atoms with Crippen LogP contribution in [0.15, 0.2) is 54.6 Å². The van der Waals surface area contributed by atoms with Crippen molar-refractivity contribution in [1.29, 1.82) is 0 Å². The maximum absolute atomic E-state index is 5.56. The third-order valence-electron chi connectivity index (χ3n) is 5.07. The Balaban J connectivity index is 1.82. The number of nitrogens with zero attached hydrogens (tertiary/aromatic N) is 3. The molecular formula is C23H31N3O. The summed E-state index contributed by atoms with van der Waals surface area (Å²) in [7, 11) is 8.28. The van der Waals surface area contributed by atoms with E-state index in [9.17, 15) is 0 Å². The van der Waals surface area contributed by atoms with Gasteiger partial charge in [-0.2, -0.15) is 0 Å². The molecule has 1 fully saturated rings. The molecule has 1 aliphatic heterocycles. The second kappa shape index (κ2) is 9.07. The average molecular weight is 366 g/mol. The number of hydrogen-bond donors (Lipinski definition) is 0.